The molecule has 1 aliphatic rings. The summed E-state index contributed by atoms with van der Waals surface area (Å²) >= 11 is 0. The Morgan fingerprint density at radius 2 is 2.19 bits per heavy atom. The maximum atomic E-state index is 11.0. The van der Waals surface area contributed by atoms with Gasteiger partial charge < -0.3 is 16.2 Å². The second kappa shape index (κ2) is 3.70. The zero-order valence-corrected chi connectivity index (χ0v) is 9.45. The van der Waals surface area contributed by atoms with Crippen molar-refractivity contribution in [1.29, 1.82) is 0 Å². The van der Waals surface area contributed by atoms with Crippen LogP contribution in [0.1, 0.15) is 29.3 Å². The average Bonchev–Trinajstić information content (AvgIpc) is 2.87. The fourth-order valence-electron chi connectivity index (χ4n) is 1.80. The Morgan fingerprint density at radius 3 is 2.69 bits per heavy atom. The molecule has 0 bridgehead atoms. The first-order valence-corrected chi connectivity index (χ1v) is 5.39. The number of aryl methyl sites for hydroxylation is 1. The standard InChI is InChI=1S/C12H16N2O2/c1-6-4-10(6)14-8-3-7(2)11(13)9(5-8)12(15)16/h3,5-6,10,14H,4,13H2,1-2H3,(H,15,16). The molecule has 1 saturated carbocycles. The minimum atomic E-state index is -0.979. The quantitative estimate of drug-likeness (QED) is 0.682. The van der Waals surface area contributed by atoms with E-state index >= 15 is 0 Å². The molecule has 4 nitrogen and oxygen atoms in total. The molecule has 86 valence electrons. The molecule has 0 amide bonds. The van der Waals surface area contributed by atoms with Crippen molar-refractivity contribution in [3.63, 3.8) is 0 Å². The zero-order valence-electron chi connectivity index (χ0n) is 9.45. The van der Waals surface area contributed by atoms with Gasteiger partial charge in [-0.25, -0.2) is 4.79 Å². The summed E-state index contributed by atoms with van der Waals surface area (Å²) in [4.78, 5) is 11.0. The average molecular weight is 220 g/mol. The number of aromatic carboxylic acids is 1. The van der Waals surface area contributed by atoms with E-state index < -0.39 is 5.97 Å². The summed E-state index contributed by atoms with van der Waals surface area (Å²) < 4.78 is 0. The molecule has 1 aromatic carbocycles. The number of benzene rings is 1. The largest absolute Gasteiger partial charge is 0.478 e. The number of hydrogen-bond acceptors (Lipinski definition) is 3. The zero-order chi connectivity index (χ0) is 11.9. The Morgan fingerprint density at radius 1 is 1.56 bits per heavy atom. The van der Waals surface area contributed by atoms with Gasteiger partial charge in [0.05, 0.1) is 5.56 Å². The molecule has 4 heteroatoms. The summed E-state index contributed by atoms with van der Waals surface area (Å²) in [5.74, 6) is -0.306. The van der Waals surface area contributed by atoms with Crippen LogP contribution in [-0.4, -0.2) is 17.1 Å². The third-order valence-electron chi connectivity index (χ3n) is 3.08. The molecule has 1 fully saturated rings. The van der Waals surface area contributed by atoms with Gasteiger partial charge in [0.15, 0.2) is 0 Å². The van der Waals surface area contributed by atoms with E-state index in [-0.39, 0.29) is 5.56 Å². The molecule has 1 aromatic rings. The van der Waals surface area contributed by atoms with Crippen molar-refractivity contribution in [2.45, 2.75) is 26.3 Å². The van der Waals surface area contributed by atoms with E-state index in [4.69, 9.17) is 10.8 Å². The van der Waals surface area contributed by atoms with Crippen LogP contribution < -0.4 is 11.1 Å². The number of nitrogens with one attached hydrogen (secondary N) is 1. The number of rotatable bonds is 3. The van der Waals surface area contributed by atoms with E-state index in [0.717, 1.165) is 17.7 Å². The van der Waals surface area contributed by atoms with E-state index in [1.54, 1.807) is 6.07 Å². The number of hydrogen-bond donors (Lipinski definition) is 3. The molecular formula is C12H16N2O2. The Bertz CT molecular complexity index is 443. The highest BCUT2D eigenvalue weighted by molar-refractivity contribution is 5.95. The molecular weight excluding hydrogens is 204 g/mol. The summed E-state index contributed by atoms with van der Waals surface area (Å²) in [6, 6.07) is 3.98. The summed E-state index contributed by atoms with van der Waals surface area (Å²) in [5.41, 5.74) is 7.89. The smallest absolute Gasteiger partial charge is 0.337 e. The topological polar surface area (TPSA) is 75.3 Å². The molecule has 4 N–H and O–H groups in total. The van der Waals surface area contributed by atoms with Gasteiger partial charge in [0.25, 0.3) is 0 Å². The SMILES string of the molecule is Cc1cc(NC2CC2C)cc(C(=O)O)c1N. The van der Waals surface area contributed by atoms with Gasteiger partial charge in [0, 0.05) is 17.4 Å². The summed E-state index contributed by atoms with van der Waals surface area (Å²) in [6.45, 7) is 3.99. The number of carboxylic acid groups (broad SMARTS) is 1. The van der Waals surface area contributed by atoms with E-state index in [0.29, 0.717) is 17.6 Å². The van der Waals surface area contributed by atoms with Gasteiger partial charge >= 0.3 is 5.97 Å². The van der Waals surface area contributed by atoms with E-state index in [1.807, 2.05) is 13.0 Å². The molecule has 2 rings (SSSR count). The summed E-state index contributed by atoms with van der Waals surface area (Å²) in [7, 11) is 0. The van der Waals surface area contributed by atoms with Crippen LogP contribution in [0.25, 0.3) is 0 Å². The maximum absolute atomic E-state index is 11.0. The lowest BCUT2D eigenvalue weighted by atomic mass is 10.1. The molecule has 0 radical (unpaired) electrons. The van der Waals surface area contributed by atoms with Crippen LogP contribution in [0.3, 0.4) is 0 Å². The third kappa shape index (κ3) is 1.96. The van der Waals surface area contributed by atoms with E-state index in [1.165, 1.54) is 0 Å². The molecule has 1 aliphatic carbocycles. The Kier molecular flexibility index (Phi) is 2.50. The van der Waals surface area contributed by atoms with Crippen molar-refractivity contribution in [3.8, 4) is 0 Å². The molecule has 2 atom stereocenters. The van der Waals surface area contributed by atoms with Gasteiger partial charge in [-0.15, -0.1) is 0 Å². The normalized spacial score (nSPS) is 22.9. The minimum Gasteiger partial charge on any atom is -0.478 e. The molecule has 0 saturated heterocycles. The number of carboxylic acids is 1. The second-order valence-electron chi connectivity index (χ2n) is 4.52. The van der Waals surface area contributed by atoms with Gasteiger partial charge in [-0.3, -0.25) is 0 Å². The predicted octanol–water partition coefficient (Wildman–Crippen LogP) is 2.10. The third-order valence-corrected chi connectivity index (χ3v) is 3.08. The van der Waals surface area contributed by atoms with Gasteiger partial charge in [0.2, 0.25) is 0 Å². The highest BCUT2D eigenvalue weighted by Crippen LogP contribution is 2.34. The monoisotopic (exact) mass is 220 g/mol. The van der Waals surface area contributed by atoms with Gasteiger partial charge in [-0.2, -0.15) is 0 Å². The van der Waals surface area contributed by atoms with Crippen LogP contribution in [0.5, 0.6) is 0 Å². The fraction of sp³-hybridized carbons (Fsp3) is 0.417. The first-order valence-electron chi connectivity index (χ1n) is 5.39. The molecule has 0 aliphatic heterocycles. The van der Waals surface area contributed by atoms with Gasteiger partial charge in [-0.05, 0) is 37.0 Å². The van der Waals surface area contributed by atoms with Crippen molar-refractivity contribution in [3.05, 3.63) is 23.3 Å². The summed E-state index contributed by atoms with van der Waals surface area (Å²) in [5, 5.41) is 12.3. The van der Waals surface area contributed by atoms with Crippen molar-refractivity contribution >= 4 is 17.3 Å². The van der Waals surface area contributed by atoms with Crippen molar-refractivity contribution in [2.24, 2.45) is 5.92 Å². The maximum Gasteiger partial charge on any atom is 0.337 e. The van der Waals surface area contributed by atoms with E-state index in [9.17, 15) is 4.79 Å². The van der Waals surface area contributed by atoms with E-state index in [2.05, 4.69) is 12.2 Å². The number of nitrogens with two attached hydrogens (primary N) is 1. The van der Waals surface area contributed by atoms with Gasteiger partial charge in [0.1, 0.15) is 0 Å². The van der Waals surface area contributed by atoms with Crippen LogP contribution in [0.15, 0.2) is 12.1 Å². The number of carbonyl (C=O) groups is 1. The predicted molar refractivity (Wildman–Crippen MR) is 63.7 cm³/mol. The van der Waals surface area contributed by atoms with Gasteiger partial charge in [-0.1, -0.05) is 6.92 Å². The minimum absolute atomic E-state index is 0.177. The lowest BCUT2D eigenvalue weighted by Crippen LogP contribution is -2.08. The fourth-order valence-corrected chi connectivity index (χ4v) is 1.80. The molecule has 16 heavy (non-hydrogen) atoms. The summed E-state index contributed by atoms with van der Waals surface area (Å²) in [6.07, 6.45) is 1.14. The van der Waals surface area contributed by atoms with Crippen molar-refractivity contribution in [2.75, 3.05) is 11.1 Å². The highest BCUT2D eigenvalue weighted by atomic mass is 16.4. The molecule has 0 heterocycles. The Hall–Kier alpha value is -1.71. The Balaban J connectivity index is 2.29. The lowest BCUT2D eigenvalue weighted by molar-refractivity contribution is 0.0698. The molecule has 2 unspecified atom stereocenters. The van der Waals surface area contributed by atoms with Crippen LogP contribution in [0.4, 0.5) is 11.4 Å². The van der Waals surface area contributed by atoms with Crippen molar-refractivity contribution < 1.29 is 9.90 Å². The van der Waals surface area contributed by atoms with Crippen molar-refractivity contribution in [1.82, 2.24) is 0 Å². The van der Waals surface area contributed by atoms with Crippen LogP contribution in [0, 0.1) is 12.8 Å². The van der Waals surface area contributed by atoms with Crippen LogP contribution in [0.2, 0.25) is 0 Å². The lowest BCUT2D eigenvalue weighted by Gasteiger charge is -2.10. The van der Waals surface area contributed by atoms with Crippen LogP contribution in [-0.2, 0) is 0 Å². The molecule has 0 aromatic heterocycles. The number of nitrogen functional groups attached to an aromatic ring is 1. The van der Waals surface area contributed by atoms with Crippen LogP contribution >= 0.6 is 0 Å². The first-order chi connectivity index (χ1) is 7.49. The Labute approximate surface area is 94.5 Å². The number of anilines is 2. The molecule has 0 spiro atoms. The second-order valence-corrected chi connectivity index (χ2v) is 4.52. The highest BCUT2D eigenvalue weighted by Gasteiger charge is 2.32. The first kappa shape index (κ1) is 10.8.